The number of carbonyl (C=O) groups is 1. The molecule has 0 atom stereocenters. The zero-order valence-corrected chi connectivity index (χ0v) is 20.3. The first kappa shape index (κ1) is 24.5. The Kier molecular flexibility index (Phi) is 6.74. The summed E-state index contributed by atoms with van der Waals surface area (Å²) in [5.41, 5.74) is 0.541. The quantitative estimate of drug-likeness (QED) is 0.284. The Labute approximate surface area is 206 Å². The molecule has 0 unspecified atom stereocenters. The largest absolute Gasteiger partial charge is 0.492 e. The summed E-state index contributed by atoms with van der Waals surface area (Å²) in [4.78, 5) is 25.4. The fourth-order valence-electron chi connectivity index (χ4n) is 3.25. The summed E-state index contributed by atoms with van der Waals surface area (Å²) in [7, 11) is 2.98. The molecule has 0 aliphatic heterocycles. The zero-order chi connectivity index (χ0) is 25.9. The molecule has 0 spiro atoms. The third-order valence-electron chi connectivity index (χ3n) is 5.09. The fraction of sp³-hybridized carbons (Fsp3) is 0.261. The van der Waals surface area contributed by atoms with E-state index in [-0.39, 0.29) is 5.69 Å². The number of methoxy groups -OCH3 is 1. The van der Waals surface area contributed by atoms with Crippen molar-refractivity contribution in [2.45, 2.75) is 26.4 Å². The molecule has 4 aromatic rings. The number of aryl methyl sites for hydroxylation is 1. The van der Waals surface area contributed by atoms with Crippen LogP contribution in [-0.2, 0) is 5.60 Å². The van der Waals surface area contributed by atoms with Crippen LogP contribution in [0.15, 0.2) is 41.2 Å². The highest BCUT2D eigenvalue weighted by Crippen LogP contribution is 2.35. The van der Waals surface area contributed by atoms with Gasteiger partial charge < -0.3 is 30.3 Å². The maximum absolute atomic E-state index is 12.5. The van der Waals surface area contributed by atoms with Crippen molar-refractivity contribution < 1.29 is 19.2 Å². The van der Waals surface area contributed by atoms with Crippen LogP contribution in [0.2, 0.25) is 0 Å². The standard InChI is InChI=1S/C23H25N9O4/c1-12-27-20(32-36-12)14-8-9-25-21(19(14)35-5)28-15-10-17(30-31-18(15)22(33)24-4)29-16-7-6-13(11-26-16)23(2,3)34/h6-11,34H,1-5H3,(H,24,33)(H2,25,26,28,29,30). The second kappa shape index (κ2) is 9.92. The van der Waals surface area contributed by atoms with Crippen LogP contribution in [0.5, 0.6) is 5.75 Å². The van der Waals surface area contributed by atoms with E-state index in [0.29, 0.717) is 51.7 Å². The Morgan fingerprint density at radius 2 is 1.92 bits per heavy atom. The van der Waals surface area contributed by atoms with Crippen molar-refractivity contribution in [1.29, 1.82) is 0 Å². The minimum Gasteiger partial charge on any atom is -0.492 e. The number of nitrogens with one attached hydrogen (secondary N) is 3. The molecule has 0 aliphatic carbocycles. The van der Waals surface area contributed by atoms with Gasteiger partial charge in [0.05, 0.1) is 24.0 Å². The van der Waals surface area contributed by atoms with Crippen LogP contribution in [0, 0.1) is 6.92 Å². The number of rotatable bonds is 8. The second-order valence-electron chi connectivity index (χ2n) is 8.19. The highest BCUT2D eigenvalue weighted by molar-refractivity contribution is 5.98. The lowest BCUT2D eigenvalue weighted by Gasteiger charge is -2.17. The molecule has 0 saturated carbocycles. The predicted octanol–water partition coefficient (Wildman–Crippen LogP) is 2.71. The van der Waals surface area contributed by atoms with E-state index in [9.17, 15) is 9.90 Å². The Morgan fingerprint density at radius 3 is 2.53 bits per heavy atom. The van der Waals surface area contributed by atoms with E-state index in [0.717, 1.165) is 0 Å². The molecule has 0 aromatic carbocycles. The van der Waals surface area contributed by atoms with Gasteiger partial charge in [-0.25, -0.2) is 9.97 Å². The monoisotopic (exact) mass is 491 g/mol. The first-order valence-corrected chi connectivity index (χ1v) is 10.9. The average molecular weight is 492 g/mol. The molecule has 4 aromatic heterocycles. The summed E-state index contributed by atoms with van der Waals surface area (Å²) < 4.78 is 10.7. The molecule has 0 radical (unpaired) electrons. The summed E-state index contributed by atoms with van der Waals surface area (Å²) >= 11 is 0. The van der Waals surface area contributed by atoms with Crippen molar-refractivity contribution in [3.8, 4) is 17.1 Å². The number of pyridine rings is 2. The highest BCUT2D eigenvalue weighted by Gasteiger charge is 2.21. The van der Waals surface area contributed by atoms with Gasteiger partial charge in [-0.05, 0) is 26.0 Å². The van der Waals surface area contributed by atoms with E-state index in [4.69, 9.17) is 9.26 Å². The van der Waals surface area contributed by atoms with Gasteiger partial charge in [0.15, 0.2) is 23.1 Å². The zero-order valence-electron chi connectivity index (χ0n) is 20.3. The molecule has 13 nitrogen and oxygen atoms in total. The smallest absolute Gasteiger partial charge is 0.273 e. The molecule has 186 valence electrons. The number of hydrogen-bond acceptors (Lipinski definition) is 12. The maximum atomic E-state index is 12.5. The van der Waals surface area contributed by atoms with Crippen molar-refractivity contribution in [2.75, 3.05) is 24.8 Å². The number of ether oxygens (including phenoxy) is 1. The van der Waals surface area contributed by atoms with Crippen LogP contribution in [-0.4, -0.2) is 55.5 Å². The normalized spacial score (nSPS) is 11.2. The van der Waals surface area contributed by atoms with E-state index in [1.165, 1.54) is 14.2 Å². The van der Waals surface area contributed by atoms with Gasteiger partial charge in [0.1, 0.15) is 5.82 Å². The van der Waals surface area contributed by atoms with Gasteiger partial charge in [0.2, 0.25) is 11.7 Å². The van der Waals surface area contributed by atoms with Gasteiger partial charge in [0.25, 0.3) is 5.91 Å². The summed E-state index contributed by atoms with van der Waals surface area (Å²) in [6, 6.07) is 6.74. The van der Waals surface area contributed by atoms with Crippen LogP contribution in [0.3, 0.4) is 0 Å². The summed E-state index contributed by atoms with van der Waals surface area (Å²) in [6.45, 7) is 5.04. The lowest BCUT2D eigenvalue weighted by atomic mass is 10.0. The van der Waals surface area contributed by atoms with Crippen LogP contribution >= 0.6 is 0 Å². The topological polar surface area (TPSA) is 173 Å². The van der Waals surface area contributed by atoms with E-state index >= 15 is 0 Å². The number of carbonyl (C=O) groups excluding carboxylic acids is 1. The first-order valence-electron chi connectivity index (χ1n) is 10.9. The van der Waals surface area contributed by atoms with Gasteiger partial charge in [-0.2, -0.15) is 4.98 Å². The molecule has 4 rings (SSSR count). The van der Waals surface area contributed by atoms with Crippen LogP contribution < -0.4 is 20.7 Å². The summed E-state index contributed by atoms with van der Waals surface area (Å²) in [5, 5.41) is 30.9. The summed E-state index contributed by atoms with van der Waals surface area (Å²) in [6.07, 6.45) is 3.11. The van der Waals surface area contributed by atoms with Gasteiger partial charge in [-0.1, -0.05) is 11.2 Å². The molecule has 0 fully saturated rings. The number of aromatic nitrogens is 6. The Hall–Kier alpha value is -4.65. The molecule has 13 heteroatoms. The first-order chi connectivity index (χ1) is 17.2. The number of nitrogens with zero attached hydrogens (tertiary/aromatic N) is 6. The molecular formula is C23H25N9O4. The predicted molar refractivity (Wildman–Crippen MR) is 130 cm³/mol. The summed E-state index contributed by atoms with van der Waals surface area (Å²) in [5.74, 6) is 1.72. The fourth-order valence-corrected chi connectivity index (χ4v) is 3.25. The Morgan fingerprint density at radius 1 is 1.11 bits per heavy atom. The Bertz CT molecular complexity index is 1380. The van der Waals surface area contributed by atoms with Crippen LogP contribution in [0.1, 0.15) is 35.8 Å². The van der Waals surface area contributed by atoms with Crippen molar-refractivity contribution in [2.24, 2.45) is 0 Å². The third-order valence-corrected chi connectivity index (χ3v) is 5.09. The van der Waals surface area contributed by atoms with Gasteiger partial charge in [0, 0.05) is 38.0 Å². The van der Waals surface area contributed by atoms with Crippen LogP contribution in [0.4, 0.5) is 23.1 Å². The van der Waals surface area contributed by atoms with Crippen LogP contribution in [0.25, 0.3) is 11.4 Å². The van der Waals surface area contributed by atoms with Crippen molar-refractivity contribution in [3.63, 3.8) is 0 Å². The molecule has 4 N–H and O–H groups in total. The van der Waals surface area contributed by atoms with Gasteiger partial charge in [-0.3, -0.25) is 4.79 Å². The minimum absolute atomic E-state index is 0.0399. The molecular weight excluding hydrogens is 466 g/mol. The third kappa shape index (κ3) is 5.20. The minimum atomic E-state index is -1.02. The molecule has 4 heterocycles. The number of anilines is 4. The van der Waals surface area contributed by atoms with Crippen molar-refractivity contribution >= 4 is 29.0 Å². The number of hydrogen-bond donors (Lipinski definition) is 4. The molecule has 36 heavy (non-hydrogen) atoms. The lowest BCUT2D eigenvalue weighted by molar-refractivity contribution is 0.0782. The van der Waals surface area contributed by atoms with Crippen molar-refractivity contribution in [3.05, 3.63) is 53.8 Å². The van der Waals surface area contributed by atoms with E-state index in [2.05, 4.69) is 46.3 Å². The Balaban J connectivity index is 1.69. The number of aliphatic hydroxyl groups is 1. The number of amides is 1. The highest BCUT2D eigenvalue weighted by atomic mass is 16.5. The van der Waals surface area contributed by atoms with E-state index in [1.54, 1.807) is 57.4 Å². The maximum Gasteiger partial charge on any atom is 0.273 e. The van der Waals surface area contributed by atoms with E-state index in [1.807, 2.05) is 0 Å². The van der Waals surface area contributed by atoms with Gasteiger partial charge in [-0.15, -0.1) is 10.2 Å². The molecule has 0 saturated heterocycles. The average Bonchev–Trinajstić information content (AvgIpc) is 3.29. The van der Waals surface area contributed by atoms with Gasteiger partial charge >= 0.3 is 0 Å². The molecule has 0 aliphatic rings. The molecule has 0 bridgehead atoms. The lowest BCUT2D eigenvalue weighted by Crippen LogP contribution is -2.21. The van der Waals surface area contributed by atoms with E-state index < -0.39 is 11.5 Å². The second-order valence-corrected chi connectivity index (χ2v) is 8.19. The SMILES string of the molecule is CNC(=O)c1nnc(Nc2ccc(C(C)(C)O)cn2)cc1Nc1nccc(-c2noc(C)n2)c1OC. The molecule has 1 amide bonds. The van der Waals surface area contributed by atoms with Crippen molar-refractivity contribution in [1.82, 2.24) is 35.6 Å².